The van der Waals surface area contributed by atoms with E-state index in [0.29, 0.717) is 51.8 Å². The molecule has 8 heteroatoms. The summed E-state index contributed by atoms with van der Waals surface area (Å²) in [5.41, 5.74) is 0.226. The van der Waals surface area contributed by atoms with Crippen LogP contribution in [0.3, 0.4) is 0 Å². The minimum Gasteiger partial charge on any atom is -0.446 e. The van der Waals surface area contributed by atoms with Crippen molar-refractivity contribution >= 4 is 11.8 Å². The molecule has 0 saturated heterocycles. The molecule has 0 bridgehead atoms. The number of amides is 2. The number of carbonyl (C=O) groups excluding carboxylic acids is 2. The summed E-state index contributed by atoms with van der Waals surface area (Å²) in [6.07, 6.45) is 6.32. The van der Waals surface area contributed by atoms with Crippen LogP contribution in [0.15, 0.2) is 10.7 Å². The average molecular weight is 412 g/mol. The summed E-state index contributed by atoms with van der Waals surface area (Å²) in [4.78, 5) is 30.7. The van der Waals surface area contributed by atoms with Crippen molar-refractivity contribution in [1.82, 2.24) is 15.2 Å². The Hall–Kier alpha value is -1.93. The third-order valence-electron chi connectivity index (χ3n) is 4.33. The topological polar surface area (TPSA) is 93.9 Å². The molecule has 0 unspecified atom stereocenters. The quantitative estimate of drug-likeness (QED) is 0.396. The lowest BCUT2D eigenvalue weighted by molar-refractivity contribution is -0.132. The van der Waals surface area contributed by atoms with Crippen LogP contribution >= 0.6 is 0 Å². The van der Waals surface area contributed by atoms with Gasteiger partial charge in [0.25, 0.3) is 5.91 Å². The van der Waals surface area contributed by atoms with Crippen LogP contribution in [-0.2, 0) is 20.8 Å². The van der Waals surface area contributed by atoms with Crippen molar-refractivity contribution in [3.05, 3.63) is 17.8 Å². The van der Waals surface area contributed by atoms with Gasteiger partial charge in [0.2, 0.25) is 11.8 Å². The Labute approximate surface area is 174 Å². The molecule has 8 nitrogen and oxygen atoms in total. The SMILES string of the molecule is CCCCCC(=O)N(CCCOCC)Cc1nc(C(=O)NCCCOCC)co1. The van der Waals surface area contributed by atoms with Gasteiger partial charge < -0.3 is 24.1 Å². The van der Waals surface area contributed by atoms with Crippen LogP contribution in [0.5, 0.6) is 0 Å². The largest absolute Gasteiger partial charge is 0.446 e. The van der Waals surface area contributed by atoms with Crippen molar-refractivity contribution in [1.29, 1.82) is 0 Å². The van der Waals surface area contributed by atoms with Gasteiger partial charge in [0.15, 0.2) is 5.69 Å². The molecule has 0 fully saturated rings. The predicted molar refractivity (Wildman–Crippen MR) is 111 cm³/mol. The first-order chi connectivity index (χ1) is 14.1. The molecule has 0 aliphatic carbocycles. The second kappa shape index (κ2) is 15.9. The van der Waals surface area contributed by atoms with E-state index in [0.717, 1.165) is 32.1 Å². The highest BCUT2D eigenvalue weighted by molar-refractivity contribution is 5.91. The summed E-state index contributed by atoms with van der Waals surface area (Å²) in [6.45, 7) is 9.88. The summed E-state index contributed by atoms with van der Waals surface area (Å²) < 4.78 is 16.1. The molecule has 2 amide bonds. The third kappa shape index (κ3) is 11.0. The van der Waals surface area contributed by atoms with E-state index in [-0.39, 0.29) is 24.1 Å². The molecule has 166 valence electrons. The Kier molecular flexibility index (Phi) is 13.8. The van der Waals surface area contributed by atoms with Crippen LogP contribution in [-0.4, -0.2) is 61.2 Å². The number of nitrogens with one attached hydrogen (secondary N) is 1. The molecule has 0 spiro atoms. The van der Waals surface area contributed by atoms with E-state index in [1.807, 2.05) is 13.8 Å². The Morgan fingerprint density at radius 3 is 2.48 bits per heavy atom. The second-order valence-electron chi connectivity index (χ2n) is 6.76. The first-order valence-electron chi connectivity index (χ1n) is 10.8. The maximum Gasteiger partial charge on any atom is 0.273 e. The molecule has 1 heterocycles. The molecule has 0 aliphatic heterocycles. The van der Waals surface area contributed by atoms with Crippen LogP contribution in [0, 0.1) is 0 Å². The van der Waals surface area contributed by atoms with Crippen molar-refractivity contribution in [2.75, 3.05) is 39.5 Å². The molecule has 0 atom stereocenters. The summed E-state index contributed by atoms with van der Waals surface area (Å²) in [5, 5.41) is 2.79. The Balaban J connectivity index is 2.56. The molecule has 0 radical (unpaired) electrons. The maximum atomic E-state index is 12.6. The van der Waals surface area contributed by atoms with Crippen LogP contribution in [0.25, 0.3) is 0 Å². The molecule has 0 aliphatic rings. The van der Waals surface area contributed by atoms with Gasteiger partial charge in [-0.3, -0.25) is 9.59 Å². The molecule has 1 aromatic rings. The number of unbranched alkanes of at least 4 members (excludes halogenated alkanes) is 2. The normalized spacial score (nSPS) is 10.9. The van der Waals surface area contributed by atoms with Gasteiger partial charge in [-0.05, 0) is 33.1 Å². The van der Waals surface area contributed by atoms with Crippen molar-refractivity contribution in [2.24, 2.45) is 0 Å². The number of aromatic nitrogens is 1. The van der Waals surface area contributed by atoms with E-state index in [4.69, 9.17) is 13.9 Å². The van der Waals surface area contributed by atoms with Gasteiger partial charge in [-0.15, -0.1) is 0 Å². The zero-order valence-electron chi connectivity index (χ0n) is 18.2. The van der Waals surface area contributed by atoms with E-state index < -0.39 is 0 Å². The summed E-state index contributed by atoms with van der Waals surface area (Å²) in [5.74, 6) is 0.161. The molecule has 1 N–H and O–H groups in total. The highest BCUT2D eigenvalue weighted by atomic mass is 16.5. The predicted octanol–water partition coefficient (Wildman–Crippen LogP) is 3.17. The van der Waals surface area contributed by atoms with Crippen LogP contribution in [0.4, 0.5) is 0 Å². The molecule has 0 aromatic carbocycles. The number of hydrogen-bond acceptors (Lipinski definition) is 6. The van der Waals surface area contributed by atoms with Crippen molar-refractivity contribution in [2.45, 2.75) is 65.8 Å². The zero-order valence-corrected chi connectivity index (χ0v) is 18.2. The average Bonchev–Trinajstić information content (AvgIpc) is 3.19. The fraction of sp³-hybridized carbons (Fsp3) is 0.762. The minimum atomic E-state index is -0.284. The van der Waals surface area contributed by atoms with Gasteiger partial charge in [0.05, 0.1) is 6.54 Å². The van der Waals surface area contributed by atoms with Gasteiger partial charge >= 0.3 is 0 Å². The molecular formula is C21H37N3O5. The van der Waals surface area contributed by atoms with E-state index >= 15 is 0 Å². The monoisotopic (exact) mass is 411 g/mol. The fourth-order valence-electron chi connectivity index (χ4n) is 2.74. The standard InChI is InChI=1S/C21H37N3O5/c1-4-7-8-11-20(25)24(13-10-15-28-6-3)16-19-23-18(17-29-19)21(26)22-12-9-14-27-5-2/h17H,4-16H2,1-3H3,(H,22,26). The van der Waals surface area contributed by atoms with Gasteiger partial charge in [-0.1, -0.05) is 19.8 Å². The summed E-state index contributed by atoms with van der Waals surface area (Å²) >= 11 is 0. The molecular weight excluding hydrogens is 374 g/mol. The second-order valence-corrected chi connectivity index (χ2v) is 6.76. The zero-order chi connectivity index (χ0) is 21.3. The molecule has 1 aromatic heterocycles. The van der Waals surface area contributed by atoms with Crippen molar-refractivity contribution in [3.63, 3.8) is 0 Å². The van der Waals surface area contributed by atoms with Crippen LogP contribution in [0.1, 0.15) is 75.7 Å². The number of hydrogen-bond donors (Lipinski definition) is 1. The highest BCUT2D eigenvalue weighted by Gasteiger charge is 2.18. The number of carbonyl (C=O) groups is 2. The summed E-state index contributed by atoms with van der Waals surface area (Å²) in [7, 11) is 0. The Bertz CT molecular complexity index is 576. The number of nitrogens with zero attached hydrogens (tertiary/aromatic N) is 2. The van der Waals surface area contributed by atoms with Gasteiger partial charge in [-0.25, -0.2) is 4.98 Å². The van der Waals surface area contributed by atoms with Gasteiger partial charge in [-0.2, -0.15) is 0 Å². The Morgan fingerprint density at radius 1 is 1.07 bits per heavy atom. The number of rotatable bonds is 17. The van der Waals surface area contributed by atoms with Crippen molar-refractivity contribution < 1.29 is 23.5 Å². The third-order valence-corrected chi connectivity index (χ3v) is 4.33. The minimum absolute atomic E-state index is 0.0788. The van der Waals surface area contributed by atoms with Crippen LogP contribution in [0.2, 0.25) is 0 Å². The van der Waals surface area contributed by atoms with E-state index in [1.165, 1.54) is 6.26 Å². The first-order valence-corrected chi connectivity index (χ1v) is 10.8. The fourth-order valence-corrected chi connectivity index (χ4v) is 2.74. The smallest absolute Gasteiger partial charge is 0.273 e. The van der Waals surface area contributed by atoms with Crippen molar-refractivity contribution in [3.8, 4) is 0 Å². The maximum absolute atomic E-state index is 12.6. The molecule has 0 saturated carbocycles. The van der Waals surface area contributed by atoms with E-state index in [9.17, 15) is 9.59 Å². The Morgan fingerprint density at radius 2 is 1.79 bits per heavy atom. The van der Waals surface area contributed by atoms with Crippen LogP contribution < -0.4 is 5.32 Å². The highest BCUT2D eigenvalue weighted by Crippen LogP contribution is 2.10. The molecule has 29 heavy (non-hydrogen) atoms. The van der Waals surface area contributed by atoms with Gasteiger partial charge in [0.1, 0.15) is 6.26 Å². The summed E-state index contributed by atoms with van der Waals surface area (Å²) in [6, 6.07) is 0. The first kappa shape index (κ1) is 25.1. The lowest BCUT2D eigenvalue weighted by Gasteiger charge is -2.21. The number of oxazole rings is 1. The lowest BCUT2D eigenvalue weighted by atomic mass is 10.2. The molecule has 1 rings (SSSR count). The van der Waals surface area contributed by atoms with E-state index in [2.05, 4.69) is 17.2 Å². The van der Waals surface area contributed by atoms with Gasteiger partial charge in [0, 0.05) is 45.9 Å². The lowest BCUT2D eigenvalue weighted by Crippen LogP contribution is -2.32. The van der Waals surface area contributed by atoms with E-state index in [1.54, 1.807) is 4.90 Å². The number of ether oxygens (including phenoxy) is 2.